The summed E-state index contributed by atoms with van der Waals surface area (Å²) in [5.41, 5.74) is 4.27. The van der Waals surface area contributed by atoms with Gasteiger partial charge in [0, 0.05) is 24.8 Å². The average Bonchev–Trinajstić information content (AvgIpc) is 3.29. The Hall–Kier alpha value is -2.32. The Morgan fingerprint density at radius 2 is 2.08 bits per heavy atom. The van der Waals surface area contributed by atoms with Crippen LogP contribution in [0.3, 0.4) is 0 Å². The Morgan fingerprint density at radius 3 is 3.00 bits per heavy atom. The first-order chi connectivity index (χ1) is 11.8. The van der Waals surface area contributed by atoms with Gasteiger partial charge in [-0.1, -0.05) is 29.1 Å². The summed E-state index contributed by atoms with van der Waals surface area (Å²) < 4.78 is 15.1. The van der Waals surface area contributed by atoms with Crippen molar-refractivity contribution in [3.63, 3.8) is 0 Å². The Morgan fingerprint density at radius 1 is 1.21 bits per heavy atom. The van der Waals surface area contributed by atoms with Crippen LogP contribution in [0.25, 0.3) is 16.8 Å². The van der Waals surface area contributed by atoms with Gasteiger partial charge in [-0.3, -0.25) is 4.40 Å². The van der Waals surface area contributed by atoms with E-state index < -0.39 is 0 Å². The van der Waals surface area contributed by atoms with E-state index in [1.54, 1.807) is 11.8 Å². The molecule has 1 aromatic carbocycles. The standard InChI is InChI=1S/C16H15N5O2S/c1-20-12-4-2-3-5-13(12)21-15(20)17-18-16(21)24-9-11-10-8-22-7-6-14(10)23-19-11/h2-5H,6-9H2,1H3. The topological polar surface area (TPSA) is 70.4 Å². The van der Waals surface area contributed by atoms with E-state index in [0.717, 1.165) is 45.4 Å². The third-order valence-electron chi connectivity index (χ3n) is 4.41. The highest BCUT2D eigenvalue weighted by molar-refractivity contribution is 7.98. The van der Waals surface area contributed by atoms with Crippen molar-refractivity contribution < 1.29 is 9.26 Å². The molecule has 7 nitrogen and oxygen atoms in total. The fraction of sp³-hybridized carbons (Fsp3) is 0.312. The molecule has 0 radical (unpaired) electrons. The highest BCUT2D eigenvalue weighted by Gasteiger charge is 2.21. The van der Waals surface area contributed by atoms with Crippen molar-refractivity contribution in [2.24, 2.45) is 7.05 Å². The van der Waals surface area contributed by atoms with E-state index in [1.807, 2.05) is 19.2 Å². The van der Waals surface area contributed by atoms with Crippen molar-refractivity contribution in [1.29, 1.82) is 0 Å². The predicted octanol–water partition coefficient (Wildman–Crippen LogP) is 2.57. The summed E-state index contributed by atoms with van der Waals surface area (Å²) in [6.07, 6.45) is 0.797. The summed E-state index contributed by atoms with van der Waals surface area (Å²) in [6, 6.07) is 8.23. The molecule has 24 heavy (non-hydrogen) atoms. The molecule has 0 fully saturated rings. The molecule has 5 rings (SSSR count). The van der Waals surface area contributed by atoms with Crippen molar-refractivity contribution in [3.05, 3.63) is 41.3 Å². The van der Waals surface area contributed by atoms with Gasteiger partial charge < -0.3 is 13.8 Å². The second kappa shape index (κ2) is 5.35. The van der Waals surface area contributed by atoms with E-state index in [2.05, 4.69) is 36.5 Å². The normalized spacial score (nSPS) is 14.5. The summed E-state index contributed by atoms with van der Waals surface area (Å²) >= 11 is 1.61. The molecule has 0 N–H and O–H groups in total. The molecule has 4 heterocycles. The number of imidazole rings is 1. The van der Waals surface area contributed by atoms with Gasteiger partial charge in [-0.25, -0.2) is 0 Å². The van der Waals surface area contributed by atoms with E-state index in [9.17, 15) is 0 Å². The van der Waals surface area contributed by atoms with E-state index in [1.165, 1.54) is 0 Å². The summed E-state index contributed by atoms with van der Waals surface area (Å²) in [5.74, 6) is 2.48. The average molecular weight is 341 g/mol. The van der Waals surface area contributed by atoms with Crippen LogP contribution < -0.4 is 0 Å². The summed E-state index contributed by atoms with van der Waals surface area (Å²) in [6.45, 7) is 1.29. The molecular weight excluding hydrogens is 326 g/mol. The molecule has 1 aliphatic rings. The number of aromatic nitrogens is 5. The maximum absolute atomic E-state index is 5.52. The third kappa shape index (κ3) is 1.99. The molecule has 4 aromatic rings. The number of rotatable bonds is 3. The number of hydrogen-bond donors (Lipinski definition) is 0. The SMILES string of the molecule is Cn1c2ccccc2n2c(SCc3noc4c3COCC4)nnc12. The first-order valence-electron chi connectivity index (χ1n) is 7.78. The fourth-order valence-electron chi connectivity index (χ4n) is 3.16. The molecule has 1 aliphatic heterocycles. The highest BCUT2D eigenvalue weighted by atomic mass is 32.2. The lowest BCUT2D eigenvalue weighted by molar-refractivity contribution is 0.102. The zero-order valence-electron chi connectivity index (χ0n) is 13.1. The zero-order valence-corrected chi connectivity index (χ0v) is 13.9. The molecule has 0 amide bonds. The molecule has 0 bridgehead atoms. The van der Waals surface area contributed by atoms with Crippen LogP contribution in [0, 0.1) is 0 Å². The van der Waals surface area contributed by atoms with Gasteiger partial charge in [0.05, 0.1) is 29.9 Å². The number of thioether (sulfide) groups is 1. The lowest BCUT2D eigenvalue weighted by Crippen LogP contribution is -2.08. The summed E-state index contributed by atoms with van der Waals surface area (Å²) in [4.78, 5) is 0. The molecule has 0 atom stereocenters. The van der Waals surface area contributed by atoms with E-state index >= 15 is 0 Å². The molecule has 3 aromatic heterocycles. The maximum atomic E-state index is 5.52. The van der Waals surface area contributed by atoms with Gasteiger partial charge in [0.1, 0.15) is 5.76 Å². The largest absolute Gasteiger partial charge is 0.376 e. The number of hydrogen-bond acceptors (Lipinski definition) is 6. The minimum Gasteiger partial charge on any atom is -0.376 e. The van der Waals surface area contributed by atoms with Gasteiger partial charge in [0.15, 0.2) is 5.16 Å². The highest BCUT2D eigenvalue weighted by Crippen LogP contribution is 2.29. The molecule has 8 heteroatoms. The van der Waals surface area contributed by atoms with Gasteiger partial charge in [-0.05, 0) is 12.1 Å². The Kier molecular flexibility index (Phi) is 3.14. The van der Waals surface area contributed by atoms with Crippen molar-refractivity contribution in [1.82, 2.24) is 24.3 Å². The smallest absolute Gasteiger partial charge is 0.236 e. The fourth-order valence-corrected chi connectivity index (χ4v) is 4.06. The summed E-state index contributed by atoms with van der Waals surface area (Å²) in [5, 5.41) is 13.7. The van der Waals surface area contributed by atoms with Gasteiger partial charge in [-0.15, -0.1) is 10.2 Å². The van der Waals surface area contributed by atoms with Gasteiger partial charge >= 0.3 is 0 Å². The molecule has 0 saturated carbocycles. The minimum absolute atomic E-state index is 0.582. The van der Waals surface area contributed by atoms with Crippen LogP contribution in [0.4, 0.5) is 0 Å². The number of fused-ring (bicyclic) bond motifs is 4. The minimum atomic E-state index is 0.582. The lowest BCUT2D eigenvalue weighted by Gasteiger charge is -2.10. The molecule has 0 aliphatic carbocycles. The lowest BCUT2D eigenvalue weighted by atomic mass is 10.1. The van der Waals surface area contributed by atoms with Crippen LogP contribution in [0.5, 0.6) is 0 Å². The molecule has 0 spiro atoms. The van der Waals surface area contributed by atoms with Gasteiger partial charge in [0.25, 0.3) is 0 Å². The van der Waals surface area contributed by atoms with Gasteiger partial charge in [-0.2, -0.15) is 0 Å². The van der Waals surface area contributed by atoms with Crippen LogP contribution in [-0.2, 0) is 30.6 Å². The van der Waals surface area contributed by atoms with Crippen molar-refractivity contribution in [2.75, 3.05) is 6.61 Å². The Bertz CT molecular complexity index is 1050. The molecule has 0 unspecified atom stereocenters. The monoisotopic (exact) mass is 341 g/mol. The Labute approximate surface area is 141 Å². The van der Waals surface area contributed by atoms with Crippen LogP contribution >= 0.6 is 11.8 Å². The number of benzene rings is 1. The number of ether oxygens (including phenoxy) is 1. The molecular formula is C16H15N5O2S. The van der Waals surface area contributed by atoms with Crippen LogP contribution in [-0.4, -0.2) is 30.9 Å². The molecule has 0 saturated heterocycles. The van der Waals surface area contributed by atoms with Crippen molar-refractivity contribution in [3.8, 4) is 0 Å². The number of para-hydroxylation sites is 2. The van der Waals surface area contributed by atoms with Crippen molar-refractivity contribution >= 4 is 28.6 Å². The van der Waals surface area contributed by atoms with Crippen LogP contribution in [0.15, 0.2) is 33.9 Å². The first-order valence-corrected chi connectivity index (χ1v) is 8.77. The number of aryl methyl sites for hydroxylation is 1. The third-order valence-corrected chi connectivity index (χ3v) is 5.35. The first kappa shape index (κ1) is 14.1. The van der Waals surface area contributed by atoms with Crippen LogP contribution in [0.2, 0.25) is 0 Å². The van der Waals surface area contributed by atoms with Crippen LogP contribution in [0.1, 0.15) is 17.0 Å². The van der Waals surface area contributed by atoms with E-state index in [0.29, 0.717) is 19.0 Å². The maximum Gasteiger partial charge on any atom is 0.236 e. The van der Waals surface area contributed by atoms with Crippen molar-refractivity contribution in [2.45, 2.75) is 23.9 Å². The summed E-state index contributed by atoms with van der Waals surface area (Å²) in [7, 11) is 2.01. The predicted molar refractivity (Wildman–Crippen MR) is 88.9 cm³/mol. The quantitative estimate of drug-likeness (QED) is 0.534. The Balaban J connectivity index is 1.51. The van der Waals surface area contributed by atoms with Gasteiger partial charge in [0.2, 0.25) is 5.78 Å². The zero-order chi connectivity index (χ0) is 16.1. The second-order valence-electron chi connectivity index (χ2n) is 5.79. The van der Waals surface area contributed by atoms with E-state index in [4.69, 9.17) is 9.26 Å². The number of nitrogens with zero attached hydrogens (tertiary/aromatic N) is 5. The second-order valence-corrected chi connectivity index (χ2v) is 6.73. The molecule has 122 valence electrons. The van der Waals surface area contributed by atoms with E-state index in [-0.39, 0.29) is 0 Å².